The quantitative estimate of drug-likeness (QED) is 0.693. The summed E-state index contributed by atoms with van der Waals surface area (Å²) in [5, 5.41) is 6.73. The highest BCUT2D eigenvalue weighted by Gasteiger charge is 2.15. The fraction of sp³-hybridized carbons (Fsp3) is 0.261. The summed E-state index contributed by atoms with van der Waals surface area (Å²) in [6, 6.07) is 13.3. The number of nitrogens with zero attached hydrogens (tertiary/aromatic N) is 2. The van der Waals surface area contributed by atoms with Gasteiger partial charge in [-0.3, -0.25) is 14.6 Å². The lowest BCUT2D eigenvalue weighted by molar-refractivity contribution is -0.116. The van der Waals surface area contributed by atoms with Crippen LogP contribution in [0.1, 0.15) is 27.2 Å². The minimum Gasteiger partial charge on any atom is -0.323 e. The number of anilines is 2. The molecular weight excluding hydrogens is 364 g/mol. The van der Waals surface area contributed by atoms with Gasteiger partial charge in [-0.05, 0) is 64.2 Å². The molecular formula is C23H26N4O2. The van der Waals surface area contributed by atoms with E-state index < -0.39 is 0 Å². The van der Waals surface area contributed by atoms with Crippen molar-refractivity contribution >= 4 is 34.1 Å². The lowest BCUT2D eigenvalue weighted by Crippen LogP contribution is -2.27. The third-order valence-corrected chi connectivity index (χ3v) is 4.64. The van der Waals surface area contributed by atoms with E-state index in [9.17, 15) is 9.59 Å². The summed E-state index contributed by atoms with van der Waals surface area (Å²) in [6.45, 7) is 6.03. The second-order valence-electron chi connectivity index (χ2n) is 7.56. The highest BCUT2D eigenvalue weighted by molar-refractivity contribution is 6.09. The van der Waals surface area contributed by atoms with Crippen LogP contribution in [0.25, 0.3) is 10.9 Å². The van der Waals surface area contributed by atoms with Gasteiger partial charge in [0.15, 0.2) is 0 Å². The van der Waals surface area contributed by atoms with Crippen LogP contribution in [0.4, 0.5) is 11.4 Å². The average molecular weight is 390 g/mol. The molecule has 0 unspecified atom stereocenters. The Kier molecular flexibility index (Phi) is 5.94. The largest absolute Gasteiger partial charge is 0.323 e. The van der Waals surface area contributed by atoms with E-state index in [0.29, 0.717) is 22.6 Å². The molecule has 29 heavy (non-hydrogen) atoms. The molecule has 150 valence electrons. The molecule has 0 aliphatic heterocycles. The monoisotopic (exact) mass is 390 g/mol. The number of pyridine rings is 1. The molecule has 0 bridgehead atoms. The molecule has 6 heteroatoms. The van der Waals surface area contributed by atoms with Crippen molar-refractivity contribution in [2.45, 2.75) is 20.8 Å². The Morgan fingerprint density at radius 1 is 0.966 bits per heavy atom. The van der Waals surface area contributed by atoms with Gasteiger partial charge in [-0.25, -0.2) is 0 Å². The maximum atomic E-state index is 13.0. The Labute approximate surface area is 170 Å². The number of rotatable bonds is 5. The summed E-state index contributed by atoms with van der Waals surface area (Å²) in [4.78, 5) is 31.6. The highest BCUT2D eigenvalue weighted by Crippen LogP contribution is 2.25. The van der Waals surface area contributed by atoms with Crippen molar-refractivity contribution in [3.63, 3.8) is 0 Å². The highest BCUT2D eigenvalue weighted by atomic mass is 16.2. The van der Waals surface area contributed by atoms with Crippen LogP contribution in [0, 0.1) is 20.8 Å². The van der Waals surface area contributed by atoms with Crippen LogP contribution in [0.15, 0.2) is 42.5 Å². The zero-order valence-corrected chi connectivity index (χ0v) is 17.5. The number of hydrogen-bond acceptors (Lipinski definition) is 4. The van der Waals surface area contributed by atoms with Crippen LogP contribution in [-0.2, 0) is 4.79 Å². The number of fused-ring (bicyclic) bond motifs is 1. The third-order valence-electron chi connectivity index (χ3n) is 4.64. The standard InChI is InChI=1S/C23H26N4O2/c1-14-9-10-19(25-21(28)13-27(4)5)20(11-14)26-23(29)18-12-17-8-6-7-15(2)22(17)24-16(18)3/h6-12H,13H2,1-5H3,(H,25,28)(H,26,29). The summed E-state index contributed by atoms with van der Waals surface area (Å²) in [6.07, 6.45) is 0. The van der Waals surface area contributed by atoms with Gasteiger partial charge in [0.2, 0.25) is 5.91 Å². The van der Waals surface area contributed by atoms with Crippen LogP contribution >= 0.6 is 0 Å². The summed E-state index contributed by atoms with van der Waals surface area (Å²) in [7, 11) is 3.66. The van der Waals surface area contributed by atoms with Crippen LogP contribution < -0.4 is 10.6 Å². The van der Waals surface area contributed by atoms with Crippen molar-refractivity contribution in [1.29, 1.82) is 0 Å². The molecule has 2 N–H and O–H groups in total. The molecule has 1 heterocycles. The molecule has 0 saturated carbocycles. The number of aromatic nitrogens is 1. The minimum absolute atomic E-state index is 0.145. The molecule has 0 aliphatic rings. The molecule has 2 amide bonds. The molecule has 3 rings (SSSR count). The first-order chi connectivity index (χ1) is 13.7. The minimum atomic E-state index is -0.257. The summed E-state index contributed by atoms with van der Waals surface area (Å²) >= 11 is 0. The first-order valence-corrected chi connectivity index (χ1v) is 9.48. The van der Waals surface area contributed by atoms with Crippen LogP contribution in [0.2, 0.25) is 0 Å². The number of carbonyl (C=O) groups excluding carboxylic acids is 2. The van der Waals surface area contributed by atoms with E-state index in [1.165, 1.54) is 0 Å². The fourth-order valence-electron chi connectivity index (χ4n) is 3.21. The van der Waals surface area contributed by atoms with E-state index in [-0.39, 0.29) is 18.4 Å². The van der Waals surface area contributed by atoms with Gasteiger partial charge in [0.25, 0.3) is 5.91 Å². The average Bonchev–Trinajstić information content (AvgIpc) is 2.63. The summed E-state index contributed by atoms with van der Waals surface area (Å²) in [5.41, 5.74) is 5.25. The van der Waals surface area contributed by atoms with Gasteiger partial charge in [0.1, 0.15) is 0 Å². The predicted molar refractivity (Wildman–Crippen MR) is 118 cm³/mol. The molecule has 0 aliphatic carbocycles. The number of amides is 2. The van der Waals surface area contributed by atoms with Gasteiger partial charge < -0.3 is 15.5 Å². The van der Waals surface area contributed by atoms with Crippen molar-refractivity contribution in [3.8, 4) is 0 Å². The Bertz CT molecular complexity index is 1090. The maximum Gasteiger partial charge on any atom is 0.257 e. The number of para-hydroxylation sites is 1. The second kappa shape index (κ2) is 8.41. The number of benzene rings is 2. The van der Waals surface area contributed by atoms with Gasteiger partial charge in [-0.1, -0.05) is 24.3 Å². The van der Waals surface area contributed by atoms with E-state index >= 15 is 0 Å². The lowest BCUT2D eigenvalue weighted by Gasteiger charge is -2.16. The van der Waals surface area contributed by atoms with Crippen LogP contribution in [-0.4, -0.2) is 42.3 Å². The first-order valence-electron chi connectivity index (χ1n) is 9.48. The van der Waals surface area contributed by atoms with Crippen molar-refractivity contribution in [2.75, 3.05) is 31.3 Å². The molecule has 0 radical (unpaired) electrons. The summed E-state index contributed by atoms with van der Waals surface area (Å²) < 4.78 is 0. The molecule has 0 saturated heterocycles. The number of aryl methyl sites for hydroxylation is 3. The Morgan fingerprint density at radius 2 is 1.72 bits per heavy atom. The molecule has 2 aromatic carbocycles. The van der Waals surface area contributed by atoms with E-state index in [4.69, 9.17) is 0 Å². The molecule has 6 nitrogen and oxygen atoms in total. The van der Waals surface area contributed by atoms with Gasteiger partial charge >= 0.3 is 0 Å². The van der Waals surface area contributed by atoms with Gasteiger partial charge in [-0.2, -0.15) is 0 Å². The Morgan fingerprint density at radius 3 is 2.45 bits per heavy atom. The number of nitrogens with one attached hydrogen (secondary N) is 2. The Balaban J connectivity index is 1.91. The molecule has 0 fully saturated rings. The van der Waals surface area contributed by atoms with E-state index in [2.05, 4.69) is 15.6 Å². The predicted octanol–water partition coefficient (Wildman–Crippen LogP) is 3.91. The van der Waals surface area contributed by atoms with E-state index in [1.54, 1.807) is 11.0 Å². The van der Waals surface area contributed by atoms with Crippen molar-refractivity contribution < 1.29 is 9.59 Å². The first kappa shape index (κ1) is 20.5. The topological polar surface area (TPSA) is 74.3 Å². The maximum absolute atomic E-state index is 13.0. The third kappa shape index (κ3) is 4.78. The van der Waals surface area contributed by atoms with Crippen molar-refractivity contribution in [1.82, 2.24) is 9.88 Å². The smallest absolute Gasteiger partial charge is 0.257 e. The number of likely N-dealkylation sites (N-methyl/N-ethyl adjacent to an activating group) is 1. The molecule has 0 spiro atoms. The van der Waals surface area contributed by atoms with Crippen LogP contribution in [0.3, 0.4) is 0 Å². The summed E-state index contributed by atoms with van der Waals surface area (Å²) in [5.74, 6) is -0.402. The van der Waals surface area contributed by atoms with Gasteiger partial charge in [-0.15, -0.1) is 0 Å². The van der Waals surface area contributed by atoms with Crippen molar-refractivity contribution in [3.05, 3.63) is 64.8 Å². The molecule has 3 aromatic rings. The molecule has 1 aromatic heterocycles. The Hall–Kier alpha value is -3.25. The lowest BCUT2D eigenvalue weighted by atomic mass is 10.1. The van der Waals surface area contributed by atoms with Crippen LogP contribution in [0.5, 0.6) is 0 Å². The number of carbonyl (C=O) groups is 2. The van der Waals surface area contributed by atoms with Gasteiger partial charge in [0.05, 0.1) is 34.7 Å². The SMILES string of the molecule is Cc1ccc(NC(=O)CN(C)C)c(NC(=O)c2cc3cccc(C)c3nc2C)c1. The van der Waals surface area contributed by atoms with Gasteiger partial charge in [0, 0.05) is 5.39 Å². The number of hydrogen-bond donors (Lipinski definition) is 2. The van der Waals surface area contributed by atoms with E-state index in [1.807, 2.05) is 71.3 Å². The second-order valence-corrected chi connectivity index (χ2v) is 7.56. The van der Waals surface area contributed by atoms with Crippen molar-refractivity contribution in [2.24, 2.45) is 0 Å². The zero-order chi connectivity index (χ0) is 21.1. The normalized spacial score (nSPS) is 11.0. The fourth-order valence-corrected chi connectivity index (χ4v) is 3.21. The van der Waals surface area contributed by atoms with E-state index in [0.717, 1.165) is 22.0 Å². The molecule has 0 atom stereocenters. The zero-order valence-electron chi connectivity index (χ0n) is 17.5.